The zero-order valence-corrected chi connectivity index (χ0v) is 21.9. The summed E-state index contributed by atoms with van der Waals surface area (Å²) < 4.78 is 0. The van der Waals surface area contributed by atoms with Crippen molar-refractivity contribution in [1.82, 2.24) is 35.0 Å². The van der Waals surface area contributed by atoms with E-state index < -0.39 is 0 Å². The topological polar surface area (TPSA) is 89.6 Å². The van der Waals surface area contributed by atoms with Crippen molar-refractivity contribution in [3.63, 3.8) is 0 Å². The number of aromatic amines is 2. The summed E-state index contributed by atoms with van der Waals surface area (Å²) in [4.78, 5) is 22.8. The molecule has 6 aromatic rings. The van der Waals surface area contributed by atoms with Gasteiger partial charge >= 0.3 is 0 Å². The molecule has 7 rings (SSSR count). The number of H-pyrrole nitrogens is 2. The van der Waals surface area contributed by atoms with Crippen molar-refractivity contribution in [2.45, 2.75) is 12.8 Å². The number of anilines is 1. The van der Waals surface area contributed by atoms with Gasteiger partial charge in [0, 0.05) is 44.1 Å². The zero-order valence-electron chi connectivity index (χ0n) is 21.9. The van der Waals surface area contributed by atoms with Gasteiger partial charge in [-0.1, -0.05) is 36.4 Å². The molecule has 2 aromatic carbocycles. The fraction of sp³-hybridized carbons (Fsp3) is 0.226. The first-order valence-electron chi connectivity index (χ1n) is 13.5. The summed E-state index contributed by atoms with van der Waals surface area (Å²) in [5, 5.41) is 7.75. The summed E-state index contributed by atoms with van der Waals surface area (Å²) in [7, 11) is 2.17. The summed E-state index contributed by atoms with van der Waals surface area (Å²) >= 11 is 0. The third-order valence-electron chi connectivity index (χ3n) is 7.60. The minimum Gasteiger partial charge on any atom is -0.367 e. The first-order valence-corrected chi connectivity index (χ1v) is 13.5. The second-order valence-corrected chi connectivity index (χ2v) is 10.3. The molecule has 0 bridgehead atoms. The SMILES string of the molecule is CN1CCN(c2cccc3[nH]c(-c4n[nH]c5ccc(-c6cncc(CCc7ccccc7)c6)nc45)nc23)CC1. The molecule has 0 radical (unpaired) electrons. The molecular formula is C31H30N8. The number of pyridine rings is 2. The Labute approximate surface area is 226 Å². The van der Waals surface area contributed by atoms with E-state index in [-0.39, 0.29) is 0 Å². The lowest BCUT2D eigenvalue weighted by atomic mass is 10.0. The first-order chi connectivity index (χ1) is 19.2. The summed E-state index contributed by atoms with van der Waals surface area (Å²) in [5.74, 6) is 0.720. The maximum Gasteiger partial charge on any atom is 0.161 e. The third-order valence-corrected chi connectivity index (χ3v) is 7.60. The lowest BCUT2D eigenvalue weighted by molar-refractivity contribution is 0.313. The standard InChI is InChI=1S/C31H30N8/c1-38-14-16-39(17-15-38)27-9-5-8-25-28(27)35-31(34-25)30-29-26(36-37-30)13-12-24(33-29)23-18-22(19-32-20-23)11-10-21-6-3-2-4-7-21/h2-9,12-13,18-20H,10-11,14-17H2,1H3,(H,34,35)(H,36,37). The number of aromatic nitrogens is 6. The Bertz CT molecular complexity index is 1750. The second-order valence-electron chi connectivity index (χ2n) is 10.3. The van der Waals surface area contributed by atoms with Crippen molar-refractivity contribution in [2.75, 3.05) is 38.1 Å². The van der Waals surface area contributed by atoms with Gasteiger partial charge in [-0.15, -0.1) is 0 Å². The molecule has 0 aliphatic carbocycles. The molecule has 1 saturated heterocycles. The Balaban J connectivity index is 1.20. The van der Waals surface area contributed by atoms with Crippen LogP contribution in [0.4, 0.5) is 5.69 Å². The van der Waals surface area contributed by atoms with Gasteiger partial charge in [0.2, 0.25) is 0 Å². The first kappa shape index (κ1) is 23.5. The molecule has 4 aromatic heterocycles. The maximum atomic E-state index is 5.02. The van der Waals surface area contributed by atoms with Gasteiger partial charge in [-0.3, -0.25) is 10.1 Å². The van der Waals surface area contributed by atoms with Gasteiger partial charge in [0.05, 0.1) is 22.4 Å². The molecule has 0 saturated carbocycles. The highest BCUT2D eigenvalue weighted by Crippen LogP contribution is 2.31. The lowest BCUT2D eigenvalue weighted by Crippen LogP contribution is -2.44. The van der Waals surface area contributed by atoms with E-state index in [1.807, 2.05) is 24.5 Å². The molecule has 8 nitrogen and oxygen atoms in total. The number of piperazine rings is 1. The average molecular weight is 515 g/mol. The van der Waals surface area contributed by atoms with Gasteiger partial charge in [-0.05, 0) is 61.3 Å². The van der Waals surface area contributed by atoms with Crippen molar-refractivity contribution in [1.29, 1.82) is 0 Å². The maximum absolute atomic E-state index is 5.02. The molecule has 2 N–H and O–H groups in total. The van der Waals surface area contributed by atoms with Gasteiger partial charge < -0.3 is 14.8 Å². The predicted molar refractivity (Wildman–Crippen MR) is 156 cm³/mol. The van der Waals surface area contributed by atoms with Crippen LogP contribution in [0.25, 0.3) is 44.8 Å². The molecule has 0 amide bonds. The fourth-order valence-corrected chi connectivity index (χ4v) is 5.35. The summed E-state index contributed by atoms with van der Waals surface area (Å²) in [6, 6.07) is 23.1. The largest absolute Gasteiger partial charge is 0.367 e. The Hall–Kier alpha value is -4.56. The Morgan fingerprint density at radius 3 is 2.49 bits per heavy atom. The minimum absolute atomic E-state index is 0.720. The number of aryl methyl sites for hydroxylation is 2. The number of hydrogen-bond donors (Lipinski definition) is 2. The van der Waals surface area contributed by atoms with E-state index >= 15 is 0 Å². The highest BCUT2D eigenvalue weighted by molar-refractivity contribution is 5.95. The minimum atomic E-state index is 0.720. The number of imidazole rings is 1. The van der Waals surface area contributed by atoms with Gasteiger partial charge in [-0.2, -0.15) is 5.10 Å². The van der Waals surface area contributed by atoms with Crippen LogP contribution in [-0.4, -0.2) is 68.3 Å². The fourth-order valence-electron chi connectivity index (χ4n) is 5.35. The molecule has 194 valence electrons. The molecule has 0 unspecified atom stereocenters. The van der Waals surface area contributed by atoms with E-state index in [2.05, 4.69) is 91.6 Å². The molecule has 5 heterocycles. The highest BCUT2D eigenvalue weighted by atomic mass is 15.3. The lowest BCUT2D eigenvalue weighted by Gasteiger charge is -2.34. The van der Waals surface area contributed by atoms with E-state index in [9.17, 15) is 0 Å². The predicted octanol–water partition coefficient (Wildman–Crippen LogP) is 5.10. The van der Waals surface area contributed by atoms with Crippen LogP contribution in [0, 0.1) is 0 Å². The Morgan fingerprint density at radius 1 is 0.769 bits per heavy atom. The average Bonchev–Trinajstić information content (AvgIpc) is 3.61. The van der Waals surface area contributed by atoms with Crippen molar-refractivity contribution in [3.8, 4) is 22.8 Å². The van der Waals surface area contributed by atoms with Crippen LogP contribution in [0.15, 0.2) is 79.1 Å². The quantitative estimate of drug-likeness (QED) is 0.321. The summed E-state index contributed by atoms with van der Waals surface area (Å²) in [6.45, 7) is 4.08. The van der Waals surface area contributed by atoms with E-state index in [1.54, 1.807) is 0 Å². The molecular weight excluding hydrogens is 484 g/mol. The Morgan fingerprint density at radius 2 is 1.62 bits per heavy atom. The van der Waals surface area contributed by atoms with E-state index in [1.165, 1.54) is 11.1 Å². The number of benzene rings is 2. The molecule has 39 heavy (non-hydrogen) atoms. The molecule has 0 atom stereocenters. The van der Waals surface area contributed by atoms with Crippen LogP contribution in [-0.2, 0) is 12.8 Å². The van der Waals surface area contributed by atoms with Crippen molar-refractivity contribution < 1.29 is 0 Å². The number of para-hydroxylation sites is 1. The van der Waals surface area contributed by atoms with Crippen LogP contribution in [0.2, 0.25) is 0 Å². The van der Waals surface area contributed by atoms with Crippen LogP contribution >= 0.6 is 0 Å². The van der Waals surface area contributed by atoms with E-state index in [0.29, 0.717) is 0 Å². The van der Waals surface area contributed by atoms with E-state index in [4.69, 9.17) is 9.97 Å². The number of rotatable bonds is 6. The number of nitrogens with one attached hydrogen (secondary N) is 2. The monoisotopic (exact) mass is 514 g/mol. The smallest absolute Gasteiger partial charge is 0.161 e. The van der Waals surface area contributed by atoms with Gasteiger partial charge in [-0.25, -0.2) is 9.97 Å². The number of likely N-dealkylation sites (N-methyl/N-ethyl adjacent to an activating group) is 1. The zero-order chi connectivity index (χ0) is 26.2. The molecule has 1 fully saturated rings. The van der Waals surface area contributed by atoms with Crippen molar-refractivity contribution in [3.05, 3.63) is 90.3 Å². The van der Waals surface area contributed by atoms with Crippen LogP contribution in [0.3, 0.4) is 0 Å². The number of nitrogens with zero attached hydrogens (tertiary/aromatic N) is 6. The number of fused-ring (bicyclic) bond motifs is 2. The molecule has 1 aliphatic heterocycles. The van der Waals surface area contributed by atoms with E-state index in [0.717, 1.165) is 89.6 Å². The third kappa shape index (κ3) is 4.64. The van der Waals surface area contributed by atoms with Gasteiger partial charge in [0.1, 0.15) is 11.0 Å². The van der Waals surface area contributed by atoms with Crippen molar-refractivity contribution >= 4 is 27.8 Å². The van der Waals surface area contributed by atoms with Gasteiger partial charge in [0.15, 0.2) is 11.5 Å². The normalized spacial score (nSPS) is 14.4. The van der Waals surface area contributed by atoms with Gasteiger partial charge in [0.25, 0.3) is 0 Å². The number of hydrogen-bond acceptors (Lipinski definition) is 6. The second kappa shape index (κ2) is 9.96. The van der Waals surface area contributed by atoms with Crippen LogP contribution in [0.5, 0.6) is 0 Å². The molecule has 1 aliphatic rings. The summed E-state index contributed by atoms with van der Waals surface area (Å²) in [5.41, 5.74) is 9.92. The van der Waals surface area contributed by atoms with Crippen LogP contribution < -0.4 is 4.90 Å². The summed E-state index contributed by atoms with van der Waals surface area (Å²) in [6.07, 6.45) is 5.73. The van der Waals surface area contributed by atoms with Crippen LogP contribution in [0.1, 0.15) is 11.1 Å². The molecule has 0 spiro atoms. The molecule has 8 heteroatoms. The Kier molecular flexibility index (Phi) is 6.01. The van der Waals surface area contributed by atoms with Crippen molar-refractivity contribution in [2.24, 2.45) is 0 Å². The highest BCUT2D eigenvalue weighted by Gasteiger charge is 2.20.